The number of fused-ring (bicyclic) bond motifs is 1. The summed E-state index contributed by atoms with van der Waals surface area (Å²) in [5.74, 6) is -0.299. The summed E-state index contributed by atoms with van der Waals surface area (Å²) in [4.78, 5) is 43.5. The van der Waals surface area contributed by atoms with Crippen LogP contribution in [0, 0.1) is 5.92 Å². The topological polar surface area (TPSA) is 120 Å². The molecule has 3 aromatic carbocycles. The van der Waals surface area contributed by atoms with E-state index in [4.69, 9.17) is 9.47 Å². The van der Waals surface area contributed by atoms with Crippen LogP contribution in [0.1, 0.15) is 56.0 Å². The number of aliphatic hydroxyl groups is 1. The van der Waals surface area contributed by atoms with E-state index in [2.05, 4.69) is 10.6 Å². The van der Waals surface area contributed by atoms with Gasteiger partial charge in [0, 0.05) is 44.0 Å². The Morgan fingerprint density at radius 3 is 2.38 bits per heavy atom. The molecule has 10 heteroatoms. The van der Waals surface area contributed by atoms with Crippen molar-refractivity contribution in [2.24, 2.45) is 5.92 Å². The summed E-state index contributed by atoms with van der Waals surface area (Å²) in [6, 6.07) is 23.1. The Bertz CT molecular complexity index is 1450. The van der Waals surface area contributed by atoms with Crippen molar-refractivity contribution in [1.29, 1.82) is 0 Å². The van der Waals surface area contributed by atoms with Crippen molar-refractivity contribution >= 4 is 29.2 Å². The first-order valence-corrected chi connectivity index (χ1v) is 16.4. The van der Waals surface area contributed by atoms with Crippen molar-refractivity contribution in [3.63, 3.8) is 0 Å². The molecule has 0 unspecified atom stereocenters. The number of carbonyl (C=O) groups is 3. The van der Waals surface area contributed by atoms with Gasteiger partial charge in [-0.05, 0) is 69.0 Å². The molecule has 1 aliphatic heterocycles. The Morgan fingerprint density at radius 2 is 1.68 bits per heavy atom. The number of rotatable bonds is 8. The molecule has 47 heavy (non-hydrogen) atoms. The summed E-state index contributed by atoms with van der Waals surface area (Å²) in [6.45, 7) is 6.57. The molecule has 3 aromatic rings. The van der Waals surface area contributed by atoms with Gasteiger partial charge in [-0.15, -0.1) is 0 Å². The minimum atomic E-state index is -0.515. The van der Waals surface area contributed by atoms with Crippen LogP contribution in [-0.2, 0) is 16.0 Å². The lowest BCUT2D eigenvalue weighted by atomic mass is 10.0. The smallest absolute Gasteiger partial charge is 0.321 e. The number of hydrogen-bond donors (Lipinski definition) is 3. The number of anilines is 2. The molecule has 1 heterocycles. The molecule has 4 rings (SSSR count). The molecule has 10 nitrogen and oxygen atoms in total. The zero-order valence-electron chi connectivity index (χ0n) is 27.9. The average molecular weight is 645 g/mol. The Balaban J connectivity index is 1.58. The van der Waals surface area contributed by atoms with Gasteiger partial charge >= 0.3 is 6.03 Å². The number of para-hydroxylation sites is 1. The number of nitrogens with zero attached hydrogens (tertiary/aromatic N) is 2. The van der Waals surface area contributed by atoms with E-state index in [0.29, 0.717) is 35.8 Å². The van der Waals surface area contributed by atoms with Crippen LogP contribution in [0.2, 0.25) is 0 Å². The number of urea groups is 1. The maximum Gasteiger partial charge on any atom is 0.321 e. The van der Waals surface area contributed by atoms with E-state index in [1.165, 1.54) is 0 Å². The number of aliphatic hydroxyl groups excluding tert-OH is 1. The summed E-state index contributed by atoms with van der Waals surface area (Å²) in [7, 11) is 1.72. The number of benzene rings is 3. The third kappa shape index (κ3) is 10.6. The van der Waals surface area contributed by atoms with Crippen LogP contribution in [0.5, 0.6) is 5.75 Å². The van der Waals surface area contributed by atoms with Crippen molar-refractivity contribution in [1.82, 2.24) is 9.80 Å². The van der Waals surface area contributed by atoms with Crippen molar-refractivity contribution < 1.29 is 29.0 Å². The monoisotopic (exact) mass is 644 g/mol. The molecule has 1 aliphatic rings. The van der Waals surface area contributed by atoms with Gasteiger partial charge < -0.3 is 35.0 Å². The molecule has 0 saturated heterocycles. The van der Waals surface area contributed by atoms with Crippen molar-refractivity contribution in [3.05, 3.63) is 90.0 Å². The Morgan fingerprint density at radius 1 is 0.979 bits per heavy atom. The van der Waals surface area contributed by atoms with Crippen molar-refractivity contribution in [3.8, 4) is 5.75 Å². The Kier molecular flexibility index (Phi) is 13.2. The van der Waals surface area contributed by atoms with Crippen LogP contribution in [0.4, 0.5) is 16.2 Å². The normalized spacial score (nSPS) is 19.8. The van der Waals surface area contributed by atoms with Crippen LogP contribution in [0.15, 0.2) is 78.9 Å². The van der Waals surface area contributed by atoms with Crippen molar-refractivity contribution in [2.45, 2.75) is 64.7 Å². The van der Waals surface area contributed by atoms with E-state index in [1.54, 1.807) is 42.0 Å². The summed E-state index contributed by atoms with van der Waals surface area (Å²) in [5, 5.41) is 16.0. The number of likely N-dealkylation sites (N-methyl/N-ethyl adjacent to an activating group) is 1. The minimum Gasteiger partial charge on any atom is -0.490 e. The van der Waals surface area contributed by atoms with Gasteiger partial charge in [0.2, 0.25) is 5.91 Å². The van der Waals surface area contributed by atoms with Gasteiger partial charge in [0.05, 0.1) is 36.8 Å². The molecule has 252 valence electrons. The average Bonchev–Trinajstić information content (AvgIpc) is 3.06. The van der Waals surface area contributed by atoms with E-state index in [-0.39, 0.29) is 55.5 Å². The summed E-state index contributed by atoms with van der Waals surface area (Å²) >= 11 is 0. The summed E-state index contributed by atoms with van der Waals surface area (Å²) in [5.41, 5.74) is 2.36. The lowest BCUT2D eigenvalue weighted by Crippen LogP contribution is -2.48. The SMILES string of the molecule is C[C@@H]1CN([C@H](C)CO)C(=O)c2cc(NC(=O)Cc3ccccc3)ccc2O[C@@H](C)CCCCO[C@H]1CN(C)C(=O)Nc1ccccc1. The second-order valence-electron chi connectivity index (χ2n) is 12.4. The van der Waals surface area contributed by atoms with Crippen LogP contribution in [-0.4, -0.2) is 84.4 Å². The predicted molar refractivity (Wildman–Crippen MR) is 184 cm³/mol. The fourth-order valence-electron chi connectivity index (χ4n) is 5.54. The van der Waals surface area contributed by atoms with Gasteiger partial charge in [-0.25, -0.2) is 4.79 Å². The first kappa shape index (κ1) is 35.4. The first-order valence-electron chi connectivity index (χ1n) is 16.4. The van der Waals surface area contributed by atoms with Crippen LogP contribution < -0.4 is 15.4 Å². The molecule has 0 spiro atoms. The number of carbonyl (C=O) groups excluding carboxylic acids is 3. The maximum atomic E-state index is 14.3. The lowest BCUT2D eigenvalue weighted by Gasteiger charge is -2.35. The standard InChI is InChI=1S/C37H48N4O6/c1-26-23-41(27(2)25-42)36(44)32-22-31(38-35(43)21-29-14-7-5-8-15-29)18-19-33(32)47-28(3)13-11-12-20-46-34(26)24-40(4)37(45)39-30-16-9-6-10-17-30/h5-10,14-19,22,26-28,34,42H,11-13,20-21,23-25H2,1-4H3,(H,38,43)(H,39,45)/t26-,27-,28+,34+/m1/s1. The molecule has 0 radical (unpaired) electrons. The number of amides is 4. The molecule has 0 saturated carbocycles. The third-order valence-corrected chi connectivity index (χ3v) is 8.37. The minimum absolute atomic E-state index is 0.172. The molecule has 0 bridgehead atoms. The van der Waals surface area contributed by atoms with Gasteiger partial charge in [-0.2, -0.15) is 0 Å². The molecule has 4 amide bonds. The molecule has 0 aromatic heterocycles. The Hall–Kier alpha value is -4.41. The lowest BCUT2D eigenvalue weighted by molar-refractivity contribution is -0.115. The van der Waals surface area contributed by atoms with Gasteiger partial charge in [0.1, 0.15) is 5.75 Å². The highest BCUT2D eigenvalue weighted by Crippen LogP contribution is 2.28. The van der Waals surface area contributed by atoms with Gasteiger partial charge in [-0.1, -0.05) is 55.5 Å². The highest BCUT2D eigenvalue weighted by Gasteiger charge is 2.31. The molecule has 0 aliphatic carbocycles. The highest BCUT2D eigenvalue weighted by molar-refractivity contribution is 6.00. The fraction of sp³-hybridized carbons (Fsp3) is 0.432. The Labute approximate surface area is 278 Å². The predicted octanol–water partition coefficient (Wildman–Crippen LogP) is 5.83. The summed E-state index contributed by atoms with van der Waals surface area (Å²) in [6.07, 6.45) is 2.08. The van der Waals surface area contributed by atoms with Gasteiger partial charge in [-0.3, -0.25) is 9.59 Å². The molecular weight excluding hydrogens is 596 g/mol. The highest BCUT2D eigenvalue weighted by atomic mass is 16.5. The van der Waals surface area contributed by atoms with E-state index in [1.807, 2.05) is 74.5 Å². The van der Waals surface area contributed by atoms with Crippen molar-refractivity contribution in [2.75, 3.05) is 44.0 Å². The molecule has 0 fully saturated rings. The number of ether oxygens (including phenoxy) is 2. The largest absolute Gasteiger partial charge is 0.490 e. The van der Waals surface area contributed by atoms with E-state index in [0.717, 1.165) is 24.8 Å². The van der Waals surface area contributed by atoms with Crippen LogP contribution >= 0.6 is 0 Å². The fourth-order valence-corrected chi connectivity index (χ4v) is 5.54. The second kappa shape index (κ2) is 17.5. The number of hydrogen-bond acceptors (Lipinski definition) is 6. The zero-order chi connectivity index (χ0) is 33.8. The summed E-state index contributed by atoms with van der Waals surface area (Å²) < 4.78 is 12.7. The second-order valence-corrected chi connectivity index (χ2v) is 12.4. The molecule has 3 N–H and O–H groups in total. The van der Waals surface area contributed by atoms with Crippen LogP contribution in [0.25, 0.3) is 0 Å². The molecule has 4 atom stereocenters. The third-order valence-electron chi connectivity index (χ3n) is 8.37. The quantitative estimate of drug-likeness (QED) is 0.284. The zero-order valence-corrected chi connectivity index (χ0v) is 27.9. The maximum absolute atomic E-state index is 14.3. The van der Waals surface area contributed by atoms with Crippen LogP contribution in [0.3, 0.4) is 0 Å². The number of nitrogens with one attached hydrogen (secondary N) is 2. The first-order chi connectivity index (χ1) is 22.6. The van der Waals surface area contributed by atoms with Gasteiger partial charge in [0.15, 0.2) is 0 Å². The van der Waals surface area contributed by atoms with Gasteiger partial charge in [0.25, 0.3) is 5.91 Å². The molecular formula is C37H48N4O6. The van der Waals surface area contributed by atoms with E-state index < -0.39 is 6.04 Å². The van der Waals surface area contributed by atoms with E-state index in [9.17, 15) is 19.5 Å². The van der Waals surface area contributed by atoms with E-state index >= 15 is 0 Å².